The van der Waals surface area contributed by atoms with Crippen LogP contribution in [0.5, 0.6) is 0 Å². The Kier molecular flexibility index (Phi) is 5.86. The number of anilines is 1. The van der Waals surface area contributed by atoms with Gasteiger partial charge in [0, 0.05) is 24.7 Å². The molecule has 1 aliphatic rings. The lowest BCUT2D eigenvalue weighted by Gasteiger charge is -2.14. The number of nitrogens with zero attached hydrogens (tertiary/aromatic N) is 4. The van der Waals surface area contributed by atoms with Crippen LogP contribution in [0.4, 0.5) is 5.13 Å². The third-order valence-corrected chi connectivity index (χ3v) is 6.73. The number of rotatable bonds is 7. The summed E-state index contributed by atoms with van der Waals surface area (Å²) in [5.74, 6) is 1.45. The summed E-state index contributed by atoms with van der Waals surface area (Å²) >= 11 is 4.69. The maximum atomic E-state index is 11.1. The van der Waals surface area contributed by atoms with Crippen LogP contribution in [0.15, 0.2) is 28.0 Å². The monoisotopic (exact) mass is 421 g/mol. The number of amides is 1. The number of nitrogens with one attached hydrogen (secondary N) is 1. The first-order valence-corrected chi connectivity index (χ1v) is 11.4. The highest BCUT2D eigenvalue weighted by atomic mass is 32.2. The fraction of sp³-hybridized carbons (Fsp3) is 0.412. The molecule has 0 aromatic carbocycles. The summed E-state index contributed by atoms with van der Waals surface area (Å²) in [6.45, 7) is 3.07. The fourth-order valence-corrected chi connectivity index (χ4v) is 5.28. The van der Waals surface area contributed by atoms with Crippen molar-refractivity contribution in [1.29, 1.82) is 0 Å². The van der Waals surface area contributed by atoms with E-state index < -0.39 is 0 Å². The molecule has 4 rings (SSSR count). The van der Waals surface area contributed by atoms with Crippen LogP contribution in [0.3, 0.4) is 0 Å². The van der Waals surface area contributed by atoms with Gasteiger partial charge in [-0.2, -0.15) is 0 Å². The van der Waals surface area contributed by atoms with E-state index in [1.807, 2.05) is 16.8 Å². The molecule has 0 radical (unpaired) electrons. The van der Waals surface area contributed by atoms with Crippen LogP contribution >= 0.6 is 34.4 Å². The van der Waals surface area contributed by atoms with Crippen molar-refractivity contribution in [2.75, 3.05) is 11.9 Å². The zero-order valence-corrected chi connectivity index (χ0v) is 17.2. The van der Waals surface area contributed by atoms with Crippen LogP contribution in [0.25, 0.3) is 10.7 Å². The number of thioether (sulfide) groups is 1. The lowest BCUT2D eigenvalue weighted by atomic mass is 10.2. The fourth-order valence-electron chi connectivity index (χ4n) is 2.86. The van der Waals surface area contributed by atoms with Crippen molar-refractivity contribution in [3.63, 3.8) is 0 Å². The minimum atomic E-state index is -0.111. The predicted octanol–water partition coefficient (Wildman–Crippen LogP) is 3.89. The SMILES string of the molecule is CC(=O)Nc1nc(CSc2nnc(-c3cccs3)n2CC2CCCO2)cs1. The molecule has 27 heavy (non-hydrogen) atoms. The van der Waals surface area contributed by atoms with Gasteiger partial charge < -0.3 is 10.1 Å². The van der Waals surface area contributed by atoms with Crippen molar-refractivity contribution in [2.45, 2.75) is 43.3 Å². The van der Waals surface area contributed by atoms with Gasteiger partial charge >= 0.3 is 0 Å². The molecule has 7 nitrogen and oxygen atoms in total. The molecular weight excluding hydrogens is 402 g/mol. The Hall–Kier alpha value is -1.75. The second-order valence-electron chi connectivity index (χ2n) is 6.14. The van der Waals surface area contributed by atoms with Crippen LogP contribution < -0.4 is 5.32 Å². The average molecular weight is 422 g/mol. The second-order valence-corrected chi connectivity index (χ2v) is 8.89. The normalized spacial score (nSPS) is 16.7. The average Bonchev–Trinajstić information content (AvgIpc) is 3.42. The summed E-state index contributed by atoms with van der Waals surface area (Å²) in [5, 5.41) is 17.1. The van der Waals surface area contributed by atoms with Crippen LogP contribution in [0.2, 0.25) is 0 Å². The zero-order valence-electron chi connectivity index (χ0n) is 14.8. The number of carbonyl (C=O) groups excluding carboxylic acids is 1. The van der Waals surface area contributed by atoms with Gasteiger partial charge in [-0.25, -0.2) is 4.98 Å². The molecule has 3 aromatic heterocycles. The smallest absolute Gasteiger partial charge is 0.223 e. The third kappa shape index (κ3) is 4.57. The van der Waals surface area contributed by atoms with Gasteiger partial charge in [-0.3, -0.25) is 9.36 Å². The molecule has 10 heteroatoms. The van der Waals surface area contributed by atoms with Crippen molar-refractivity contribution >= 4 is 45.5 Å². The largest absolute Gasteiger partial charge is 0.376 e. The number of hydrogen-bond acceptors (Lipinski definition) is 8. The Labute approximate surface area is 169 Å². The van der Waals surface area contributed by atoms with E-state index in [9.17, 15) is 4.79 Å². The van der Waals surface area contributed by atoms with E-state index in [0.717, 1.165) is 47.5 Å². The Morgan fingerprint density at radius 1 is 1.44 bits per heavy atom. The molecule has 0 aliphatic carbocycles. The van der Waals surface area contributed by atoms with Crippen molar-refractivity contribution in [3.8, 4) is 10.7 Å². The highest BCUT2D eigenvalue weighted by Crippen LogP contribution is 2.31. The second kappa shape index (κ2) is 8.51. The van der Waals surface area contributed by atoms with Gasteiger partial charge in [-0.15, -0.1) is 32.9 Å². The zero-order chi connectivity index (χ0) is 18.6. The molecule has 3 aromatic rings. The van der Waals surface area contributed by atoms with Gasteiger partial charge in [-0.05, 0) is 24.3 Å². The molecule has 0 saturated carbocycles. The van der Waals surface area contributed by atoms with Crippen molar-refractivity contribution < 1.29 is 9.53 Å². The molecule has 1 fully saturated rings. The molecule has 142 valence electrons. The first-order chi connectivity index (χ1) is 13.2. The Bertz CT molecular complexity index is 900. The third-order valence-electron chi connectivity index (χ3n) is 4.05. The highest BCUT2D eigenvalue weighted by molar-refractivity contribution is 7.98. The van der Waals surface area contributed by atoms with E-state index in [2.05, 4.69) is 31.1 Å². The summed E-state index contributed by atoms with van der Waals surface area (Å²) < 4.78 is 7.98. The molecule has 1 amide bonds. The summed E-state index contributed by atoms with van der Waals surface area (Å²) in [4.78, 5) is 16.7. The predicted molar refractivity (Wildman–Crippen MR) is 108 cm³/mol. The van der Waals surface area contributed by atoms with Crippen molar-refractivity contribution in [1.82, 2.24) is 19.7 Å². The molecule has 0 spiro atoms. The molecule has 0 bridgehead atoms. The first kappa shape index (κ1) is 18.6. The van der Waals surface area contributed by atoms with E-state index in [4.69, 9.17) is 4.74 Å². The maximum absolute atomic E-state index is 11.1. The Morgan fingerprint density at radius 3 is 3.11 bits per heavy atom. The number of hydrogen-bond donors (Lipinski definition) is 1. The standard InChI is InChI=1S/C17H19N5O2S3/c1-11(23)18-16-19-12(9-26-16)10-27-17-21-20-15(14-5-3-7-25-14)22(17)8-13-4-2-6-24-13/h3,5,7,9,13H,2,4,6,8,10H2,1H3,(H,18,19,23). The van der Waals surface area contributed by atoms with Crippen LogP contribution in [0.1, 0.15) is 25.5 Å². The number of aromatic nitrogens is 4. The topological polar surface area (TPSA) is 81.9 Å². The molecule has 4 heterocycles. The van der Waals surface area contributed by atoms with Gasteiger partial charge in [0.1, 0.15) is 0 Å². The van der Waals surface area contributed by atoms with Gasteiger partial charge in [-0.1, -0.05) is 17.8 Å². The lowest BCUT2D eigenvalue weighted by Crippen LogP contribution is -2.16. The quantitative estimate of drug-likeness (QED) is 0.583. The molecular formula is C17H19N5O2S3. The van der Waals surface area contributed by atoms with Gasteiger partial charge in [0.05, 0.1) is 23.2 Å². The van der Waals surface area contributed by atoms with E-state index in [1.54, 1.807) is 23.1 Å². The van der Waals surface area contributed by atoms with Gasteiger partial charge in [0.2, 0.25) is 5.91 Å². The summed E-state index contributed by atoms with van der Waals surface area (Å²) in [5.41, 5.74) is 0.915. The summed E-state index contributed by atoms with van der Waals surface area (Å²) in [6.07, 6.45) is 2.39. The Morgan fingerprint density at radius 2 is 2.37 bits per heavy atom. The minimum Gasteiger partial charge on any atom is -0.376 e. The van der Waals surface area contributed by atoms with Gasteiger partial charge in [0.25, 0.3) is 0 Å². The van der Waals surface area contributed by atoms with Crippen LogP contribution in [-0.4, -0.2) is 38.4 Å². The number of thiazole rings is 1. The van der Waals surface area contributed by atoms with E-state index >= 15 is 0 Å². The minimum absolute atomic E-state index is 0.111. The maximum Gasteiger partial charge on any atom is 0.223 e. The molecule has 1 saturated heterocycles. The highest BCUT2D eigenvalue weighted by Gasteiger charge is 2.22. The molecule has 1 N–H and O–H groups in total. The number of carbonyl (C=O) groups is 1. The van der Waals surface area contributed by atoms with Crippen molar-refractivity contribution in [2.24, 2.45) is 0 Å². The van der Waals surface area contributed by atoms with Gasteiger partial charge in [0.15, 0.2) is 16.1 Å². The van der Waals surface area contributed by atoms with Crippen molar-refractivity contribution in [3.05, 3.63) is 28.6 Å². The Balaban J connectivity index is 1.51. The van der Waals surface area contributed by atoms with E-state index in [1.165, 1.54) is 18.3 Å². The summed E-state index contributed by atoms with van der Waals surface area (Å²) in [7, 11) is 0. The number of thiophene rings is 1. The van der Waals surface area contributed by atoms with Crippen LogP contribution in [0, 0.1) is 0 Å². The first-order valence-electron chi connectivity index (χ1n) is 8.62. The lowest BCUT2D eigenvalue weighted by molar-refractivity contribution is -0.114. The van der Waals surface area contributed by atoms with E-state index in [-0.39, 0.29) is 12.0 Å². The summed E-state index contributed by atoms with van der Waals surface area (Å²) in [6, 6.07) is 4.09. The van der Waals surface area contributed by atoms with E-state index in [0.29, 0.717) is 10.9 Å². The molecule has 1 atom stereocenters. The molecule has 1 unspecified atom stereocenters. The molecule has 1 aliphatic heterocycles. The van der Waals surface area contributed by atoms with Crippen LogP contribution in [-0.2, 0) is 21.8 Å². The number of ether oxygens (including phenoxy) is 1.